The van der Waals surface area contributed by atoms with Crippen molar-refractivity contribution >= 4 is 17.4 Å². The third-order valence-corrected chi connectivity index (χ3v) is 2.28. The zero-order chi connectivity index (χ0) is 12.3. The Bertz CT molecular complexity index is 517. The molecule has 0 saturated heterocycles. The predicted molar refractivity (Wildman–Crippen MR) is 63.9 cm³/mol. The van der Waals surface area contributed by atoms with Crippen LogP contribution in [0.4, 0.5) is 11.5 Å². The van der Waals surface area contributed by atoms with Gasteiger partial charge < -0.3 is 11.1 Å². The molecule has 0 radical (unpaired) electrons. The van der Waals surface area contributed by atoms with E-state index in [1.807, 2.05) is 13.1 Å². The number of anilines is 2. The number of nitrogens with zero attached hydrogens (tertiary/aromatic N) is 3. The van der Waals surface area contributed by atoms with Gasteiger partial charge in [0.2, 0.25) is 5.91 Å². The Morgan fingerprint density at radius 1 is 1.47 bits per heavy atom. The molecule has 6 nitrogen and oxygen atoms in total. The smallest absolute Gasteiger partial charge is 0.250 e. The molecule has 0 aliphatic rings. The fourth-order valence-corrected chi connectivity index (χ4v) is 1.36. The highest BCUT2D eigenvalue weighted by atomic mass is 16.1. The molecule has 0 aromatic carbocycles. The van der Waals surface area contributed by atoms with E-state index in [1.165, 1.54) is 6.20 Å². The van der Waals surface area contributed by atoms with E-state index in [2.05, 4.69) is 15.4 Å². The minimum Gasteiger partial charge on any atom is -0.366 e. The Labute approximate surface area is 98.5 Å². The Balaban J connectivity index is 2.10. The molecule has 0 unspecified atom stereocenters. The maximum atomic E-state index is 10.9. The van der Waals surface area contributed by atoms with Crippen LogP contribution in [-0.2, 0) is 6.54 Å². The van der Waals surface area contributed by atoms with Crippen LogP contribution in [0.15, 0.2) is 30.7 Å². The summed E-state index contributed by atoms with van der Waals surface area (Å²) >= 11 is 0. The number of hydrogen-bond donors (Lipinski definition) is 2. The van der Waals surface area contributed by atoms with Crippen molar-refractivity contribution in [2.75, 3.05) is 5.32 Å². The van der Waals surface area contributed by atoms with Gasteiger partial charge in [0.05, 0.1) is 17.4 Å². The first kappa shape index (κ1) is 11.1. The lowest BCUT2D eigenvalue weighted by Gasteiger charge is -2.02. The summed E-state index contributed by atoms with van der Waals surface area (Å²) in [5, 5.41) is 7.21. The minimum atomic E-state index is -0.483. The van der Waals surface area contributed by atoms with Gasteiger partial charge in [0, 0.05) is 18.9 Å². The summed E-state index contributed by atoms with van der Waals surface area (Å²) in [6.45, 7) is 2.83. The number of nitrogens with two attached hydrogens (primary N) is 1. The maximum absolute atomic E-state index is 10.9. The third-order valence-electron chi connectivity index (χ3n) is 2.28. The van der Waals surface area contributed by atoms with Crippen molar-refractivity contribution in [1.82, 2.24) is 14.8 Å². The van der Waals surface area contributed by atoms with E-state index in [9.17, 15) is 4.79 Å². The third kappa shape index (κ3) is 2.60. The number of pyridine rings is 1. The molecule has 0 atom stereocenters. The van der Waals surface area contributed by atoms with E-state index in [0.717, 1.165) is 12.2 Å². The fourth-order valence-electron chi connectivity index (χ4n) is 1.36. The summed E-state index contributed by atoms with van der Waals surface area (Å²) in [6, 6.07) is 3.32. The van der Waals surface area contributed by atoms with E-state index >= 15 is 0 Å². The van der Waals surface area contributed by atoms with E-state index < -0.39 is 5.91 Å². The van der Waals surface area contributed by atoms with Crippen molar-refractivity contribution < 1.29 is 4.79 Å². The molecule has 2 aromatic heterocycles. The lowest BCUT2D eigenvalue weighted by molar-refractivity contribution is 0.1000. The summed E-state index contributed by atoms with van der Waals surface area (Å²) in [4.78, 5) is 14.9. The summed E-state index contributed by atoms with van der Waals surface area (Å²) in [6.07, 6.45) is 5.03. The standard InChI is InChI=1S/C11H13N5O/c1-2-16-7-9(6-14-16)15-10-4-3-8(5-13-10)11(12)17/h3-7H,2H2,1H3,(H2,12,17)(H,13,15). The van der Waals surface area contributed by atoms with E-state index in [1.54, 1.807) is 23.0 Å². The molecule has 0 saturated carbocycles. The van der Waals surface area contributed by atoms with Crippen molar-refractivity contribution in [2.24, 2.45) is 5.73 Å². The van der Waals surface area contributed by atoms with Crippen LogP contribution in [0.2, 0.25) is 0 Å². The quantitative estimate of drug-likeness (QED) is 0.826. The molecular weight excluding hydrogens is 218 g/mol. The molecule has 2 rings (SSSR count). The van der Waals surface area contributed by atoms with Gasteiger partial charge >= 0.3 is 0 Å². The lowest BCUT2D eigenvalue weighted by atomic mass is 10.3. The van der Waals surface area contributed by atoms with E-state index in [0.29, 0.717) is 11.4 Å². The molecule has 1 amide bonds. The van der Waals surface area contributed by atoms with Crippen LogP contribution in [-0.4, -0.2) is 20.7 Å². The first-order chi connectivity index (χ1) is 8.19. The zero-order valence-electron chi connectivity index (χ0n) is 9.42. The number of aryl methyl sites for hydroxylation is 1. The van der Waals surface area contributed by atoms with Gasteiger partial charge in [-0.25, -0.2) is 4.98 Å². The second-order valence-corrected chi connectivity index (χ2v) is 3.51. The van der Waals surface area contributed by atoms with Crippen molar-refractivity contribution in [2.45, 2.75) is 13.5 Å². The van der Waals surface area contributed by atoms with E-state index in [4.69, 9.17) is 5.73 Å². The SMILES string of the molecule is CCn1cc(Nc2ccc(C(N)=O)cn2)cn1. The topological polar surface area (TPSA) is 85.8 Å². The number of carbonyl (C=O) groups excluding carboxylic acids is 1. The second-order valence-electron chi connectivity index (χ2n) is 3.51. The molecule has 2 aromatic rings. The fraction of sp³-hybridized carbons (Fsp3) is 0.182. The Morgan fingerprint density at radius 2 is 2.29 bits per heavy atom. The van der Waals surface area contributed by atoms with Crippen molar-refractivity contribution in [1.29, 1.82) is 0 Å². The molecular formula is C11H13N5O. The van der Waals surface area contributed by atoms with Crippen LogP contribution >= 0.6 is 0 Å². The van der Waals surface area contributed by atoms with Crippen molar-refractivity contribution in [3.8, 4) is 0 Å². The van der Waals surface area contributed by atoms with Gasteiger partial charge in [0.1, 0.15) is 5.82 Å². The molecule has 0 bridgehead atoms. The molecule has 6 heteroatoms. The highest BCUT2D eigenvalue weighted by Gasteiger charge is 2.02. The summed E-state index contributed by atoms with van der Waals surface area (Å²) in [7, 11) is 0. The summed E-state index contributed by atoms with van der Waals surface area (Å²) < 4.78 is 1.81. The van der Waals surface area contributed by atoms with Gasteiger partial charge in [0.25, 0.3) is 0 Å². The summed E-state index contributed by atoms with van der Waals surface area (Å²) in [5.74, 6) is 0.161. The van der Waals surface area contributed by atoms with Crippen LogP contribution in [0, 0.1) is 0 Å². The van der Waals surface area contributed by atoms with Gasteiger partial charge in [-0.3, -0.25) is 9.48 Å². The molecule has 3 N–H and O–H groups in total. The number of amides is 1. The normalized spacial score (nSPS) is 10.2. The number of nitrogens with one attached hydrogen (secondary N) is 1. The first-order valence-corrected chi connectivity index (χ1v) is 5.24. The van der Waals surface area contributed by atoms with Gasteiger partial charge in [-0.15, -0.1) is 0 Å². The van der Waals surface area contributed by atoms with Gasteiger partial charge in [-0.2, -0.15) is 5.10 Å². The summed E-state index contributed by atoms with van der Waals surface area (Å²) in [5.41, 5.74) is 6.37. The Morgan fingerprint density at radius 3 is 2.82 bits per heavy atom. The van der Waals surface area contributed by atoms with Crippen LogP contribution in [0.1, 0.15) is 17.3 Å². The highest BCUT2D eigenvalue weighted by Crippen LogP contribution is 2.13. The van der Waals surface area contributed by atoms with Crippen LogP contribution in [0.25, 0.3) is 0 Å². The molecule has 0 spiro atoms. The van der Waals surface area contributed by atoms with Crippen molar-refractivity contribution in [3.05, 3.63) is 36.3 Å². The van der Waals surface area contributed by atoms with Crippen LogP contribution in [0.5, 0.6) is 0 Å². The number of aromatic nitrogens is 3. The molecule has 0 fully saturated rings. The Hall–Kier alpha value is -2.37. The number of hydrogen-bond acceptors (Lipinski definition) is 4. The molecule has 17 heavy (non-hydrogen) atoms. The Kier molecular flexibility index (Phi) is 3.04. The lowest BCUT2D eigenvalue weighted by Crippen LogP contribution is -2.11. The average Bonchev–Trinajstić information content (AvgIpc) is 2.77. The highest BCUT2D eigenvalue weighted by molar-refractivity contribution is 5.92. The molecule has 0 aliphatic heterocycles. The van der Waals surface area contributed by atoms with Crippen LogP contribution in [0.3, 0.4) is 0 Å². The number of rotatable bonds is 4. The largest absolute Gasteiger partial charge is 0.366 e. The van der Waals surface area contributed by atoms with Crippen molar-refractivity contribution in [3.63, 3.8) is 0 Å². The predicted octanol–water partition coefficient (Wildman–Crippen LogP) is 1.14. The number of carbonyl (C=O) groups is 1. The van der Waals surface area contributed by atoms with E-state index in [-0.39, 0.29) is 0 Å². The maximum Gasteiger partial charge on any atom is 0.250 e. The minimum absolute atomic E-state index is 0.389. The molecule has 88 valence electrons. The monoisotopic (exact) mass is 231 g/mol. The average molecular weight is 231 g/mol. The molecule has 2 heterocycles. The van der Waals surface area contributed by atoms with Gasteiger partial charge in [-0.1, -0.05) is 0 Å². The molecule has 0 aliphatic carbocycles. The number of primary amides is 1. The van der Waals surface area contributed by atoms with Crippen LogP contribution < -0.4 is 11.1 Å². The van der Waals surface area contributed by atoms with Gasteiger partial charge in [-0.05, 0) is 19.1 Å². The second kappa shape index (κ2) is 4.65. The zero-order valence-corrected chi connectivity index (χ0v) is 9.42. The first-order valence-electron chi connectivity index (χ1n) is 5.24. The van der Waals surface area contributed by atoms with Gasteiger partial charge in [0.15, 0.2) is 0 Å².